The molecule has 1 saturated heterocycles. The second-order valence-electron chi connectivity index (χ2n) is 6.72. The number of hydrogen-bond donors (Lipinski definition) is 1. The Bertz CT molecular complexity index is 942. The molecule has 1 fully saturated rings. The monoisotopic (exact) mass is 437 g/mol. The van der Waals surface area contributed by atoms with E-state index >= 15 is 0 Å². The Morgan fingerprint density at radius 2 is 1.72 bits per heavy atom. The first-order valence-corrected chi connectivity index (χ1v) is 11.1. The first kappa shape index (κ1) is 21.6. The van der Waals surface area contributed by atoms with E-state index in [1.807, 2.05) is 23.1 Å². The van der Waals surface area contributed by atoms with Crippen molar-refractivity contribution in [3.63, 3.8) is 0 Å². The molecule has 0 bridgehead atoms. The first-order chi connectivity index (χ1) is 13.9. The van der Waals surface area contributed by atoms with Crippen molar-refractivity contribution in [2.24, 2.45) is 0 Å². The number of sulfonamides is 1. The molecule has 2 aromatic carbocycles. The number of benzene rings is 2. The molecule has 3 rings (SSSR count). The highest BCUT2D eigenvalue weighted by molar-refractivity contribution is 7.89. The predicted octanol–water partition coefficient (Wildman–Crippen LogP) is 1.97. The van der Waals surface area contributed by atoms with Crippen LogP contribution in [0.3, 0.4) is 0 Å². The molecule has 1 aliphatic heterocycles. The molecule has 1 amide bonds. The third-order valence-electron chi connectivity index (χ3n) is 4.83. The van der Waals surface area contributed by atoms with Crippen LogP contribution in [0.25, 0.3) is 0 Å². The first-order valence-electron chi connectivity index (χ1n) is 9.27. The third kappa shape index (κ3) is 5.48. The van der Waals surface area contributed by atoms with Crippen molar-refractivity contribution in [1.82, 2.24) is 14.5 Å². The van der Waals surface area contributed by atoms with Crippen LogP contribution in [0.2, 0.25) is 5.02 Å². The van der Waals surface area contributed by atoms with Gasteiger partial charge in [0.25, 0.3) is 0 Å². The maximum absolute atomic E-state index is 12.8. The largest absolute Gasteiger partial charge is 0.497 e. The zero-order valence-corrected chi connectivity index (χ0v) is 17.7. The van der Waals surface area contributed by atoms with Crippen LogP contribution in [0.5, 0.6) is 5.75 Å². The molecule has 2 aromatic rings. The molecule has 0 spiro atoms. The number of carbonyl (C=O) groups is 1. The molecule has 9 heteroatoms. The summed E-state index contributed by atoms with van der Waals surface area (Å²) in [7, 11) is -2.02. The second kappa shape index (κ2) is 9.58. The quantitative estimate of drug-likeness (QED) is 0.716. The van der Waals surface area contributed by atoms with Crippen LogP contribution in [0, 0.1) is 0 Å². The lowest BCUT2D eigenvalue weighted by Gasteiger charge is -2.33. The Morgan fingerprint density at radius 1 is 1.07 bits per heavy atom. The lowest BCUT2D eigenvalue weighted by molar-refractivity contribution is -0.122. The zero-order chi connectivity index (χ0) is 20.9. The van der Waals surface area contributed by atoms with E-state index in [2.05, 4.69) is 5.32 Å². The fraction of sp³-hybridized carbons (Fsp3) is 0.350. The standard InChI is InChI=1S/C20H24ClN3O4S/c1-28-17-6-8-18(9-7-17)29(26,27)24-12-10-23(11-13-24)15-20(25)22-14-16-4-2-3-5-19(16)21/h2-9H,10-15H2,1H3,(H,22,25). The van der Waals surface area contributed by atoms with Crippen LogP contribution in [-0.4, -0.2) is 63.4 Å². The van der Waals surface area contributed by atoms with Crippen molar-refractivity contribution in [3.05, 3.63) is 59.1 Å². The summed E-state index contributed by atoms with van der Waals surface area (Å²) in [5, 5.41) is 3.47. The molecule has 0 saturated carbocycles. The minimum absolute atomic E-state index is 0.114. The molecule has 1 N–H and O–H groups in total. The minimum Gasteiger partial charge on any atom is -0.497 e. The van der Waals surface area contributed by atoms with E-state index in [9.17, 15) is 13.2 Å². The van der Waals surface area contributed by atoms with Gasteiger partial charge in [-0.15, -0.1) is 0 Å². The highest BCUT2D eigenvalue weighted by atomic mass is 35.5. The molecule has 1 aliphatic rings. The number of methoxy groups -OCH3 is 1. The fourth-order valence-corrected chi connectivity index (χ4v) is 4.74. The van der Waals surface area contributed by atoms with E-state index in [-0.39, 0.29) is 17.3 Å². The summed E-state index contributed by atoms with van der Waals surface area (Å²) in [6.07, 6.45) is 0. The number of nitrogens with one attached hydrogen (secondary N) is 1. The van der Waals surface area contributed by atoms with Crippen LogP contribution < -0.4 is 10.1 Å². The van der Waals surface area contributed by atoms with E-state index < -0.39 is 10.0 Å². The van der Waals surface area contributed by atoms with Gasteiger partial charge in [-0.05, 0) is 35.9 Å². The SMILES string of the molecule is COc1ccc(S(=O)(=O)N2CCN(CC(=O)NCc3ccccc3Cl)CC2)cc1. The summed E-state index contributed by atoms with van der Waals surface area (Å²) < 4.78 is 32.1. The average molecular weight is 438 g/mol. The van der Waals surface area contributed by atoms with Gasteiger partial charge in [-0.25, -0.2) is 8.42 Å². The Kier molecular flexibility index (Phi) is 7.13. The van der Waals surface area contributed by atoms with Crippen molar-refractivity contribution >= 4 is 27.5 Å². The van der Waals surface area contributed by atoms with Crippen molar-refractivity contribution in [2.75, 3.05) is 39.8 Å². The molecule has 0 aliphatic carbocycles. The van der Waals surface area contributed by atoms with Crippen molar-refractivity contribution in [2.45, 2.75) is 11.4 Å². The fourth-order valence-electron chi connectivity index (χ4n) is 3.12. The van der Waals surface area contributed by atoms with Gasteiger partial charge in [0, 0.05) is 37.7 Å². The number of nitrogens with zero attached hydrogens (tertiary/aromatic N) is 2. The number of ether oxygens (including phenoxy) is 1. The normalized spacial score (nSPS) is 15.8. The van der Waals surface area contributed by atoms with Gasteiger partial charge in [0.15, 0.2) is 0 Å². The maximum Gasteiger partial charge on any atom is 0.243 e. The van der Waals surface area contributed by atoms with E-state index in [0.29, 0.717) is 43.5 Å². The van der Waals surface area contributed by atoms with Crippen molar-refractivity contribution in [3.8, 4) is 5.75 Å². The molecule has 0 unspecified atom stereocenters. The number of halogens is 1. The molecule has 29 heavy (non-hydrogen) atoms. The Labute approximate surface area is 176 Å². The van der Waals surface area contributed by atoms with Gasteiger partial charge in [-0.2, -0.15) is 4.31 Å². The average Bonchev–Trinajstić information content (AvgIpc) is 2.73. The Hall–Kier alpha value is -2.13. The number of hydrogen-bond acceptors (Lipinski definition) is 5. The van der Waals surface area contributed by atoms with Crippen LogP contribution in [0.4, 0.5) is 0 Å². The smallest absolute Gasteiger partial charge is 0.243 e. The van der Waals surface area contributed by atoms with E-state index in [4.69, 9.17) is 16.3 Å². The van der Waals surface area contributed by atoms with Crippen LogP contribution >= 0.6 is 11.6 Å². The van der Waals surface area contributed by atoms with Crippen LogP contribution in [0.1, 0.15) is 5.56 Å². The molecule has 7 nitrogen and oxygen atoms in total. The molecule has 0 radical (unpaired) electrons. The topological polar surface area (TPSA) is 79.0 Å². The molecule has 0 atom stereocenters. The third-order valence-corrected chi connectivity index (χ3v) is 7.11. The highest BCUT2D eigenvalue weighted by Crippen LogP contribution is 2.20. The number of rotatable bonds is 7. The van der Waals surface area contributed by atoms with Gasteiger partial charge in [-0.1, -0.05) is 29.8 Å². The van der Waals surface area contributed by atoms with Gasteiger partial charge in [0.05, 0.1) is 18.6 Å². The number of piperazine rings is 1. The molecule has 1 heterocycles. The van der Waals surface area contributed by atoms with Gasteiger partial charge in [0.1, 0.15) is 5.75 Å². The van der Waals surface area contributed by atoms with Gasteiger partial charge in [0.2, 0.25) is 15.9 Å². The second-order valence-corrected chi connectivity index (χ2v) is 9.07. The minimum atomic E-state index is -3.55. The van der Waals surface area contributed by atoms with E-state index in [0.717, 1.165) is 5.56 Å². The van der Waals surface area contributed by atoms with Crippen molar-refractivity contribution in [1.29, 1.82) is 0 Å². The zero-order valence-electron chi connectivity index (χ0n) is 16.2. The number of carbonyl (C=O) groups excluding carboxylic acids is 1. The van der Waals surface area contributed by atoms with E-state index in [1.54, 1.807) is 30.3 Å². The van der Waals surface area contributed by atoms with Crippen molar-refractivity contribution < 1.29 is 17.9 Å². The molecular formula is C20H24ClN3O4S. The van der Waals surface area contributed by atoms with E-state index in [1.165, 1.54) is 11.4 Å². The van der Waals surface area contributed by atoms with Gasteiger partial charge >= 0.3 is 0 Å². The summed E-state index contributed by atoms with van der Waals surface area (Å²) in [5.41, 5.74) is 0.859. The Balaban J connectivity index is 1.49. The van der Waals surface area contributed by atoms with Crippen LogP contribution in [-0.2, 0) is 21.4 Å². The predicted molar refractivity (Wildman–Crippen MR) is 111 cm³/mol. The summed E-state index contributed by atoms with van der Waals surface area (Å²) in [6.45, 7) is 2.26. The number of amides is 1. The summed E-state index contributed by atoms with van der Waals surface area (Å²) in [5.74, 6) is 0.493. The van der Waals surface area contributed by atoms with Crippen LogP contribution in [0.15, 0.2) is 53.4 Å². The lowest BCUT2D eigenvalue weighted by Crippen LogP contribution is -2.50. The molecular weight excluding hydrogens is 414 g/mol. The summed E-state index contributed by atoms with van der Waals surface area (Å²) in [6, 6.07) is 13.7. The summed E-state index contributed by atoms with van der Waals surface area (Å²) in [4.78, 5) is 14.4. The molecule has 156 valence electrons. The summed E-state index contributed by atoms with van der Waals surface area (Å²) >= 11 is 6.09. The van der Waals surface area contributed by atoms with Gasteiger partial charge < -0.3 is 10.1 Å². The van der Waals surface area contributed by atoms with Gasteiger partial charge in [-0.3, -0.25) is 9.69 Å². The lowest BCUT2D eigenvalue weighted by atomic mass is 10.2. The Morgan fingerprint density at radius 3 is 2.34 bits per heavy atom. The maximum atomic E-state index is 12.8. The highest BCUT2D eigenvalue weighted by Gasteiger charge is 2.29. The molecule has 0 aromatic heterocycles.